The van der Waals surface area contributed by atoms with Crippen molar-refractivity contribution in [1.82, 2.24) is 0 Å². The summed E-state index contributed by atoms with van der Waals surface area (Å²) < 4.78 is 16.2. The summed E-state index contributed by atoms with van der Waals surface area (Å²) in [6, 6.07) is 22.1. The highest BCUT2D eigenvalue weighted by Crippen LogP contribution is 2.47. The average Bonchev–Trinajstić information content (AvgIpc) is 2.99. The molecule has 0 amide bonds. The second kappa shape index (κ2) is 12.4. The van der Waals surface area contributed by atoms with Gasteiger partial charge in [0, 0.05) is 12.1 Å². The van der Waals surface area contributed by atoms with E-state index in [0.29, 0.717) is 5.56 Å². The Kier molecular flexibility index (Phi) is 8.69. The van der Waals surface area contributed by atoms with E-state index >= 15 is 0 Å². The van der Waals surface area contributed by atoms with Crippen molar-refractivity contribution in [1.29, 1.82) is 5.26 Å². The van der Waals surface area contributed by atoms with Gasteiger partial charge in [0.2, 0.25) is 0 Å². The Morgan fingerprint density at radius 1 is 1.05 bits per heavy atom. The number of methoxy groups -OCH3 is 2. The van der Waals surface area contributed by atoms with Gasteiger partial charge in [0.15, 0.2) is 0 Å². The van der Waals surface area contributed by atoms with E-state index in [1.54, 1.807) is 30.3 Å². The van der Waals surface area contributed by atoms with E-state index in [1.165, 1.54) is 12.1 Å². The number of anilines is 1. The van der Waals surface area contributed by atoms with Crippen LogP contribution in [0, 0.1) is 21.4 Å². The predicted molar refractivity (Wildman–Crippen MR) is 151 cm³/mol. The minimum Gasteiger partial charge on any atom is -0.488 e. The minimum absolute atomic E-state index is 0.120. The molecule has 12 heteroatoms. The van der Waals surface area contributed by atoms with Crippen molar-refractivity contribution in [3.63, 3.8) is 0 Å². The lowest BCUT2D eigenvalue weighted by Gasteiger charge is -2.35. The number of benzene rings is 3. The second-order valence-electron chi connectivity index (χ2n) is 8.64. The van der Waals surface area contributed by atoms with Crippen LogP contribution in [0.4, 0.5) is 11.4 Å². The smallest absolute Gasteiger partial charge is 0.355 e. The zero-order valence-corrected chi connectivity index (χ0v) is 23.5. The van der Waals surface area contributed by atoms with Crippen LogP contribution >= 0.6 is 15.9 Å². The molecule has 1 atom stereocenters. The molecule has 4 rings (SSSR count). The van der Waals surface area contributed by atoms with Crippen molar-refractivity contribution in [3.8, 4) is 11.8 Å². The van der Waals surface area contributed by atoms with Crippen molar-refractivity contribution < 1.29 is 28.7 Å². The number of nitrogens with zero attached hydrogens (tertiary/aromatic N) is 3. The fourth-order valence-electron chi connectivity index (χ4n) is 4.47. The van der Waals surface area contributed by atoms with Crippen molar-refractivity contribution in [2.75, 3.05) is 19.1 Å². The molecule has 3 aromatic rings. The Morgan fingerprint density at radius 3 is 2.22 bits per heavy atom. The van der Waals surface area contributed by atoms with Gasteiger partial charge in [-0.25, -0.2) is 9.59 Å². The van der Waals surface area contributed by atoms with Crippen LogP contribution in [-0.2, 0) is 25.7 Å². The van der Waals surface area contributed by atoms with Gasteiger partial charge in [-0.2, -0.15) is 5.26 Å². The molecular formula is C29H23BrN4O7. The van der Waals surface area contributed by atoms with E-state index in [4.69, 9.17) is 19.9 Å². The third-order valence-corrected chi connectivity index (χ3v) is 6.93. The molecule has 0 spiro atoms. The first-order chi connectivity index (χ1) is 19.7. The van der Waals surface area contributed by atoms with Gasteiger partial charge in [-0.3, -0.25) is 15.0 Å². The number of hydrogen-bond donors (Lipinski definition) is 1. The summed E-state index contributed by atoms with van der Waals surface area (Å²) in [7, 11) is 2.20. The Morgan fingerprint density at radius 2 is 1.66 bits per heavy atom. The van der Waals surface area contributed by atoms with Crippen molar-refractivity contribution in [2.24, 2.45) is 5.73 Å². The zero-order chi connectivity index (χ0) is 29.7. The number of allylic oxidation sites excluding steroid dienone is 1. The van der Waals surface area contributed by atoms with Gasteiger partial charge in [-0.1, -0.05) is 60.7 Å². The maximum atomic E-state index is 13.3. The monoisotopic (exact) mass is 618 g/mol. The number of halogens is 1. The van der Waals surface area contributed by atoms with E-state index in [2.05, 4.69) is 15.9 Å². The lowest BCUT2D eigenvalue weighted by molar-refractivity contribution is -0.384. The summed E-state index contributed by atoms with van der Waals surface area (Å²) in [5, 5.41) is 22.5. The Labute approximate surface area is 243 Å². The maximum absolute atomic E-state index is 13.3. The van der Waals surface area contributed by atoms with Crippen LogP contribution in [0.15, 0.2) is 99.9 Å². The molecule has 2 N–H and O–H groups in total. The third kappa shape index (κ3) is 5.61. The lowest BCUT2D eigenvalue weighted by Crippen LogP contribution is -2.41. The Bertz CT molecular complexity index is 1620. The third-order valence-electron chi connectivity index (χ3n) is 6.31. The highest BCUT2D eigenvalue weighted by atomic mass is 79.9. The largest absolute Gasteiger partial charge is 0.488 e. The molecule has 41 heavy (non-hydrogen) atoms. The minimum atomic E-state index is -1.12. The highest BCUT2D eigenvalue weighted by Gasteiger charge is 2.44. The van der Waals surface area contributed by atoms with Crippen LogP contribution in [0.5, 0.6) is 5.75 Å². The van der Waals surface area contributed by atoms with E-state index in [0.717, 1.165) is 24.7 Å². The van der Waals surface area contributed by atoms with Crippen LogP contribution in [0.2, 0.25) is 0 Å². The van der Waals surface area contributed by atoms with Gasteiger partial charge in [0.25, 0.3) is 5.69 Å². The fraction of sp³-hybridized carbons (Fsp3) is 0.138. The number of carbonyl (C=O) groups is 2. The molecule has 0 fully saturated rings. The molecule has 1 heterocycles. The number of esters is 2. The molecule has 3 aromatic carbocycles. The predicted octanol–water partition coefficient (Wildman–Crippen LogP) is 4.83. The molecule has 1 aliphatic rings. The first-order valence-corrected chi connectivity index (χ1v) is 12.8. The summed E-state index contributed by atoms with van der Waals surface area (Å²) in [6.07, 6.45) is 0. The topological polar surface area (TPSA) is 158 Å². The first kappa shape index (κ1) is 28.8. The van der Waals surface area contributed by atoms with Gasteiger partial charge in [-0.15, -0.1) is 0 Å². The van der Waals surface area contributed by atoms with Gasteiger partial charge in [-0.05, 0) is 27.1 Å². The van der Waals surface area contributed by atoms with Gasteiger partial charge in [0.05, 0.1) is 46.7 Å². The number of nitrogens with two attached hydrogens (primary N) is 1. The first-order valence-electron chi connectivity index (χ1n) is 12.0. The molecule has 1 aliphatic heterocycles. The average molecular weight is 619 g/mol. The number of rotatable bonds is 8. The number of nitro groups is 1. The molecule has 0 bridgehead atoms. The fourth-order valence-corrected chi connectivity index (χ4v) is 4.91. The van der Waals surface area contributed by atoms with Gasteiger partial charge >= 0.3 is 11.9 Å². The summed E-state index contributed by atoms with van der Waals surface area (Å²) in [6.45, 7) is 0.120. The lowest BCUT2D eigenvalue weighted by atomic mass is 9.81. The zero-order valence-electron chi connectivity index (χ0n) is 21.9. The molecule has 11 nitrogen and oxygen atoms in total. The Balaban J connectivity index is 2.02. The molecule has 0 saturated carbocycles. The van der Waals surface area contributed by atoms with E-state index in [1.807, 2.05) is 36.4 Å². The summed E-state index contributed by atoms with van der Waals surface area (Å²) in [4.78, 5) is 39.1. The van der Waals surface area contributed by atoms with Crippen LogP contribution in [-0.4, -0.2) is 31.1 Å². The second-order valence-corrected chi connectivity index (χ2v) is 9.49. The standard InChI is InChI=1S/C29H23BrN4O7/c1-39-28(35)25-24(18-11-7-4-8-12-18)19(15-31)27(32)33(26(25)29(36)40-2)21-14-23(20(30)13-22(21)34(37)38)41-16-17-9-5-3-6-10-17/h3-14,24H,16,32H2,1-2H3. The molecule has 0 aliphatic carbocycles. The van der Waals surface area contributed by atoms with Gasteiger partial charge in [0.1, 0.15) is 29.6 Å². The van der Waals surface area contributed by atoms with Crippen molar-refractivity contribution in [2.45, 2.75) is 12.5 Å². The van der Waals surface area contributed by atoms with Crippen LogP contribution < -0.4 is 15.4 Å². The number of nitro benzene ring substituents is 1. The van der Waals surface area contributed by atoms with E-state index in [9.17, 15) is 25.0 Å². The molecule has 1 unspecified atom stereocenters. The number of ether oxygens (including phenoxy) is 3. The highest BCUT2D eigenvalue weighted by molar-refractivity contribution is 9.10. The van der Waals surface area contributed by atoms with E-state index in [-0.39, 0.29) is 39.5 Å². The SMILES string of the molecule is COC(=O)C1=C(C(=O)OC)N(c2cc(OCc3ccccc3)c(Br)cc2[N+](=O)[O-])C(N)=C(C#N)C1c1ccccc1. The van der Waals surface area contributed by atoms with Crippen LogP contribution in [0.1, 0.15) is 17.0 Å². The number of nitriles is 1. The Hall–Kier alpha value is -5.15. The van der Waals surface area contributed by atoms with Crippen molar-refractivity contribution >= 4 is 39.2 Å². The van der Waals surface area contributed by atoms with Crippen LogP contribution in [0.25, 0.3) is 0 Å². The normalized spacial score (nSPS) is 14.8. The molecule has 0 saturated heterocycles. The quantitative estimate of drug-likeness (QED) is 0.210. The summed E-state index contributed by atoms with van der Waals surface area (Å²) in [5.41, 5.74) is 6.23. The maximum Gasteiger partial charge on any atom is 0.355 e. The molecule has 0 radical (unpaired) electrons. The summed E-state index contributed by atoms with van der Waals surface area (Å²) >= 11 is 3.31. The van der Waals surface area contributed by atoms with E-state index < -0.39 is 34.2 Å². The number of hydrogen-bond acceptors (Lipinski definition) is 10. The molecule has 208 valence electrons. The summed E-state index contributed by atoms with van der Waals surface area (Å²) in [5.74, 6) is -3.24. The van der Waals surface area contributed by atoms with Gasteiger partial charge < -0.3 is 19.9 Å². The molecular weight excluding hydrogens is 596 g/mol. The van der Waals surface area contributed by atoms with Crippen molar-refractivity contribution in [3.05, 3.63) is 121 Å². The molecule has 0 aromatic heterocycles. The number of carbonyl (C=O) groups excluding carboxylic acids is 2. The van der Waals surface area contributed by atoms with Crippen LogP contribution in [0.3, 0.4) is 0 Å².